The molecule has 0 atom stereocenters. The van der Waals surface area contributed by atoms with E-state index in [0.717, 1.165) is 41.8 Å². The predicted octanol–water partition coefficient (Wildman–Crippen LogP) is 4.03. The first-order valence-corrected chi connectivity index (χ1v) is 8.97. The molecular formula is C22H15FN4O. The van der Waals surface area contributed by atoms with Gasteiger partial charge in [-0.1, -0.05) is 12.0 Å². The van der Waals surface area contributed by atoms with Crippen LogP contribution in [0.25, 0.3) is 32.9 Å². The van der Waals surface area contributed by atoms with E-state index in [1.165, 1.54) is 18.5 Å². The number of fused-ring (bicyclic) bond motifs is 1. The Morgan fingerprint density at radius 1 is 1.14 bits per heavy atom. The maximum atomic E-state index is 14.1. The summed E-state index contributed by atoms with van der Waals surface area (Å²) in [6.07, 6.45) is 8.71. The number of phenolic OH excluding ortho intramolecular Hbond substituents is 1. The Hall–Kier alpha value is -3.72. The van der Waals surface area contributed by atoms with Gasteiger partial charge in [0.2, 0.25) is 0 Å². The first-order chi connectivity index (χ1) is 13.7. The molecule has 0 spiro atoms. The number of phenols is 1. The number of anilines is 1. The number of halogens is 1. The number of aromatic nitrogens is 3. The summed E-state index contributed by atoms with van der Waals surface area (Å²) in [6, 6.07) is 7.92. The molecule has 1 aliphatic heterocycles. The van der Waals surface area contributed by atoms with Crippen LogP contribution in [-0.2, 0) is 6.42 Å². The molecule has 0 fully saturated rings. The van der Waals surface area contributed by atoms with Gasteiger partial charge in [0.05, 0.1) is 27.9 Å². The molecule has 0 aliphatic carbocycles. The van der Waals surface area contributed by atoms with Crippen molar-refractivity contribution in [3.8, 4) is 29.4 Å². The highest BCUT2D eigenvalue weighted by atomic mass is 19.1. The van der Waals surface area contributed by atoms with E-state index in [9.17, 15) is 9.50 Å². The molecule has 2 aromatic heterocycles. The summed E-state index contributed by atoms with van der Waals surface area (Å²) in [5.74, 6) is 2.77. The molecule has 5 nitrogen and oxygen atoms in total. The van der Waals surface area contributed by atoms with E-state index in [1.54, 1.807) is 12.1 Å². The van der Waals surface area contributed by atoms with Gasteiger partial charge in [-0.2, -0.15) is 0 Å². The number of pyridine rings is 1. The van der Waals surface area contributed by atoms with Crippen LogP contribution in [0.5, 0.6) is 5.75 Å². The third-order valence-corrected chi connectivity index (χ3v) is 5.11. The monoisotopic (exact) mass is 370 g/mol. The summed E-state index contributed by atoms with van der Waals surface area (Å²) in [7, 11) is 0. The second-order valence-electron chi connectivity index (χ2n) is 6.72. The van der Waals surface area contributed by atoms with Crippen LogP contribution in [0.3, 0.4) is 0 Å². The Morgan fingerprint density at radius 3 is 2.86 bits per heavy atom. The van der Waals surface area contributed by atoms with Gasteiger partial charge in [0.1, 0.15) is 23.7 Å². The van der Waals surface area contributed by atoms with Gasteiger partial charge in [-0.3, -0.25) is 4.98 Å². The normalized spacial score (nSPS) is 13.1. The van der Waals surface area contributed by atoms with Crippen LogP contribution in [-0.4, -0.2) is 26.6 Å². The van der Waals surface area contributed by atoms with E-state index in [0.29, 0.717) is 22.0 Å². The minimum atomic E-state index is -0.465. The van der Waals surface area contributed by atoms with E-state index < -0.39 is 5.82 Å². The van der Waals surface area contributed by atoms with E-state index in [4.69, 9.17) is 11.4 Å². The molecule has 3 heterocycles. The number of nitrogens with zero attached hydrogens (tertiary/aromatic N) is 3. The van der Waals surface area contributed by atoms with E-state index in [-0.39, 0.29) is 11.3 Å². The highest BCUT2D eigenvalue weighted by molar-refractivity contribution is 6.03. The van der Waals surface area contributed by atoms with Crippen molar-refractivity contribution < 1.29 is 9.50 Å². The van der Waals surface area contributed by atoms with Crippen LogP contribution in [0.4, 0.5) is 10.2 Å². The molecule has 0 radical (unpaired) electrons. The van der Waals surface area contributed by atoms with Gasteiger partial charge in [-0.05, 0) is 42.5 Å². The molecule has 6 heteroatoms. The molecule has 5 rings (SSSR count). The second kappa shape index (κ2) is 6.17. The lowest BCUT2D eigenvalue weighted by Crippen LogP contribution is -2.01. The number of rotatable bonds is 1. The minimum Gasteiger partial charge on any atom is -0.507 e. The standard InChI is InChI=1S/C22H15FN4O/c1-2-12-13-6-8-19(28)20(14(13)5-7-15(12)23)18-10-17-21-16(27-18)4-3-9-24-22(21)26-11-25-17/h1,5-8,10-11,28H,3-4,9H2,(H,24,25,26). The Morgan fingerprint density at radius 2 is 2.00 bits per heavy atom. The SMILES string of the molecule is C#Cc1c(F)ccc2c(-c3cc4ncnc5c4c(n3)CCCN5)c(O)ccc12. The number of aryl methyl sites for hydroxylation is 1. The Bertz CT molecular complexity index is 1310. The first-order valence-electron chi connectivity index (χ1n) is 8.97. The average molecular weight is 370 g/mol. The van der Waals surface area contributed by atoms with Crippen molar-refractivity contribution in [2.75, 3.05) is 11.9 Å². The van der Waals surface area contributed by atoms with Crippen LogP contribution in [0, 0.1) is 18.2 Å². The molecule has 0 saturated carbocycles. The summed E-state index contributed by atoms with van der Waals surface area (Å²) >= 11 is 0. The van der Waals surface area contributed by atoms with Crippen LogP contribution >= 0.6 is 0 Å². The number of hydrogen-bond acceptors (Lipinski definition) is 5. The van der Waals surface area contributed by atoms with Gasteiger partial charge in [0.15, 0.2) is 0 Å². The van der Waals surface area contributed by atoms with Crippen LogP contribution < -0.4 is 5.32 Å². The van der Waals surface area contributed by atoms with E-state index in [1.807, 2.05) is 6.07 Å². The van der Waals surface area contributed by atoms with Gasteiger partial charge >= 0.3 is 0 Å². The predicted molar refractivity (Wildman–Crippen MR) is 107 cm³/mol. The summed E-state index contributed by atoms with van der Waals surface area (Å²) in [4.78, 5) is 13.6. The lowest BCUT2D eigenvalue weighted by Gasteiger charge is -2.13. The summed E-state index contributed by atoms with van der Waals surface area (Å²) in [6.45, 7) is 0.808. The molecule has 0 saturated heterocycles. The Balaban J connectivity index is 1.86. The third-order valence-electron chi connectivity index (χ3n) is 5.11. The van der Waals surface area contributed by atoms with E-state index >= 15 is 0 Å². The van der Waals surface area contributed by atoms with Crippen LogP contribution in [0.15, 0.2) is 36.7 Å². The molecule has 2 N–H and O–H groups in total. The zero-order valence-corrected chi connectivity index (χ0v) is 14.8. The van der Waals surface area contributed by atoms with Gasteiger partial charge in [0.25, 0.3) is 0 Å². The van der Waals surface area contributed by atoms with Gasteiger partial charge in [0, 0.05) is 17.5 Å². The molecule has 0 bridgehead atoms. The molecule has 28 heavy (non-hydrogen) atoms. The summed E-state index contributed by atoms with van der Waals surface area (Å²) in [5.41, 5.74) is 2.89. The van der Waals surface area contributed by atoms with Gasteiger partial charge in [-0.15, -0.1) is 6.42 Å². The fourth-order valence-electron chi connectivity index (χ4n) is 3.85. The summed E-state index contributed by atoms with van der Waals surface area (Å²) < 4.78 is 14.1. The van der Waals surface area contributed by atoms with Crippen molar-refractivity contribution in [2.24, 2.45) is 0 Å². The molecule has 0 amide bonds. The Labute approximate surface area is 160 Å². The summed E-state index contributed by atoms with van der Waals surface area (Å²) in [5, 5.41) is 16.0. The molecule has 0 unspecified atom stereocenters. The molecular weight excluding hydrogens is 355 g/mol. The van der Waals surface area contributed by atoms with Crippen molar-refractivity contribution in [3.63, 3.8) is 0 Å². The van der Waals surface area contributed by atoms with Crippen molar-refractivity contribution >= 4 is 27.5 Å². The number of nitrogens with one attached hydrogen (secondary N) is 1. The number of terminal acetylenes is 1. The quantitative estimate of drug-likeness (QED) is 0.495. The Kier molecular flexibility index (Phi) is 3.63. The van der Waals surface area contributed by atoms with Crippen LogP contribution in [0.2, 0.25) is 0 Å². The lowest BCUT2D eigenvalue weighted by atomic mass is 9.96. The molecule has 2 aromatic carbocycles. The van der Waals surface area contributed by atoms with Crippen molar-refractivity contribution in [1.82, 2.24) is 15.0 Å². The van der Waals surface area contributed by atoms with Gasteiger partial charge in [-0.25, -0.2) is 14.4 Å². The molecule has 136 valence electrons. The highest BCUT2D eigenvalue weighted by Crippen LogP contribution is 2.39. The molecule has 4 aromatic rings. The van der Waals surface area contributed by atoms with E-state index in [2.05, 4.69) is 21.2 Å². The second-order valence-corrected chi connectivity index (χ2v) is 6.72. The van der Waals surface area contributed by atoms with Crippen molar-refractivity contribution in [2.45, 2.75) is 12.8 Å². The zero-order valence-electron chi connectivity index (χ0n) is 14.8. The number of aromatic hydroxyl groups is 1. The number of benzene rings is 2. The van der Waals surface area contributed by atoms with Gasteiger partial charge < -0.3 is 10.4 Å². The maximum absolute atomic E-state index is 14.1. The van der Waals surface area contributed by atoms with Crippen molar-refractivity contribution in [1.29, 1.82) is 0 Å². The smallest absolute Gasteiger partial charge is 0.139 e. The lowest BCUT2D eigenvalue weighted by molar-refractivity contribution is 0.478. The molecule has 1 aliphatic rings. The fourth-order valence-corrected chi connectivity index (χ4v) is 3.85. The topological polar surface area (TPSA) is 70.9 Å². The fraction of sp³-hybridized carbons (Fsp3) is 0.136. The zero-order chi connectivity index (χ0) is 19.3. The number of hydrogen-bond donors (Lipinski definition) is 2. The average Bonchev–Trinajstić information content (AvgIpc) is 2.91. The third kappa shape index (κ3) is 2.37. The first kappa shape index (κ1) is 16.5. The van der Waals surface area contributed by atoms with Crippen molar-refractivity contribution in [3.05, 3.63) is 53.7 Å². The maximum Gasteiger partial charge on any atom is 0.139 e. The van der Waals surface area contributed by atoms with Crippen LogP contribution in [0.1, 0.15) is 17.7 Å². The minimum absolute atomic E-state index is 0.0576. The highest BCUT2D eigenvalue weighted by Gasteiger charge is 2.19. The largest absolute Gasteiger partial charge is 0.507 e.